The number of hydrogen-bond donors (Lipinski definition) is 1. The van der Waals surface area contributed by atoms with Gasteiger partial charge in [0.05, 0.1) is 5.75 Å². The van der Waals surface area contributed by atoms with Crippen molar-refractivity contribution in [3.05, 3.63) is 34.9 Å². The molecule has 134 valence electrons. The number of carbonyl (C=O) groups excluding carboxylic acids is 1. The van der Waals surface area contributed by atoms with Gasteiger partial charge in [0.2, 0.25) is 10.0 Å². The fraction of sp³-hybridized carbons (Fsp3) is 0.562. The van der Waals surface area contributed by atoms with Crippen LogP contribution < -0.4 is 5.32 Å². The number of sulfonamides is 1. The van der Waals surface area contributed by atoms with Crippen molar-refractivity contribution in [2.75, 3.05) is 26.2 Å². The van der Waals surface area contributed by atoms with Crippen molar-refractivity contribution >= 4 is 27.7 Å². The maximum Gasteiger partial charge on any atom is 0.317 e. The van der Waals surface area contributed by atoms with Crippen LogP contribution in [0.3, 0.4) is 0 Å². The molecule has 1 aromatic carbocycles. The predicted octanol–water partition coefficient (Wildman–Crippen LogP) is 2.30. The van der Waals surface area contributed by atoms with Crippen LogP contribution in [0.2, 0.25) is 5.02 Å². The highest BCUT2D eigenvalue weighted by Crippen LogP contribution is 2.20. The third-order valence-corrected chi connectivity index (χ3v) is 6.04. The van der Waals surface area contributed by atoms with Crippen molar-refractivity contribution in [3.63, 3.8) is 0 Å². The van der Waals surface area contributed by atoms with Gasteiger partial charge in [-0.15, -0.1) is 0 Å². The third-order valence-electron chi connectivity index (χ3n) is 3.84. The van der Waals surface area contributed by atoms with Gasteiger partial charge in [0.1, 0.15) is 0 Å². The highest BCUT2D eigenvalue weighted by molar-refractivity contribution is 7.88. The summed E-state index contributed by atoms with van der Waals surface area (Å²) in [5.74, 6) is -0.120. The molecule has 2 rings (SSSR count). The quantitative estimate of drug-likeness (QED) is 0.880. The van der Waals surface area contributed by atoms with Gasteiger partial charge in [-0.2, -0.15) is 4.31 Å². The summed E-state index contributed by atoms with van der Waals surface area (Å²) in [6.45, 7) is 5.46. The van der Waals surface area contributed by atoms with Gasteiger partial charge >= 0.3 is 6.03 Å². The maximum absolute atomic E-state index is 12.7. The van der Waals surface area contributed by atoms with E-state index >= 15 is 0 Å². The average Bonchev–Trinajstić information content (AvgIpc) is 2.75. The Morgan fingerprint density at radius 2 is 1.92 bits per heavy atom. The molecule has 1 aliphatic rings. The van der Waals surface area contributed by atoms with Crippen LogP contribution in [-0.2, 0) is 15.8 Å². The first-order chi connectivity index (χ1) is 11.3. The number of urea groups is 1. The van der Waals surface area contributed by atoms with E-state index in [9.17, 15) is 13.2 Å². The molecule has 0 unspecified atom stereocenters. The molecule has 0 spiro atoms. The van der Waals surface area contributed by atoms with Crippen LogP contribution in [0.15, 0.2) is 24.3 Å². The van der Waals surface area contributed by atoms with E-state index in [0.717, 1.165) is 0 Å². The number of carbonyl (C=O) groups is 1. The Labute approximate surface area is 148 Å². The monoisotopic (exact) mass is 373 g/mol. The lowest BCUT2D eigenvalue weighted by Gasteiger charge is -2.23. The minimum absolute atomic E-state index is 0.0563. The zero-order valence-corrected chi connectivity index (χ0v) is 15.6. The summed E-state index contributed by atoms with van der Waals surface area (Å²) in [7, 11) is -3.46. The standard InChI is InChI=1S/C16H24ClN3O3S/c1-13(2)18-16(21)19-8-5-9-20(11-10-19)24(22,23)12-14-6-3-4-7-15(14)17/h3-4,6-7,13H,5,8-12H2,1-2H3,(H,18,21). The lowest BCUT2D eigenvalue weighted by atomic mass is 10.2. The molecule has 2 amide bonds. The van der Waals surface area contributed by atoms with E-state index < -0.39 is 10.0 Å². The van der Waals surface area contributed by atoms with Crippen LogP contribution in [0.25, 0.3) is 0 Å². The van der Waals surface area contributed by atoms with E-state index in [1.165, 1.54) is 4.31 Å². The van der Waals surface area contributed by atoms with Crippen molar-refractivity contribution in [2.45, 2.75) is 32.1 Å². The molecule has 6 nitrogen and oxygen atoms in total. The van der Waals surface area contributed by atoms with Crippen molar-refractivity contribution in [2.24, 2.45) is 0 Å². The van der Waals surface area contributed by atoms with E-state index in [2.05, 4.69) is 5.32 Å². The molecular weight excluding hydrogens is 350 g/mol. The molecular formula is C16H24ClN3O3S. The van der Waals surface area contributed by atoms with Crippen molar-refractivity contribution in [3.8, 4) is 0 Å². The number of nitrogens with zero attached hydrogens (tertiary/aromatic N) is 2. The molecule has 1 saturated heterocycles. The van der Waals surface area contributed by atoms with E-state index in [-0.39, 0.29) is 17.8 Å². The Morgan fingerprint density at radius 1 is 1.21 bits per heavy atom. The zero-order chi connectivity index (χ0) is 17.7. The molecule has 0 aromatic heterocycles. The van der Waals surface area contributed by atoms with Gasteiger partial charge in [-0.05, 0) is 31.9 Å². The molecule has 24 heavy (non-hydrogen) atoms. The van der Waals surface area contributed by atoms with Gasteiger partial charge in [-0.1, -0.05) is 29.8 Å². The summed E-state index contributed by atoms with van der Waals surface area (Å²) in [6, 6.07) is 6.87. The zero-order valence-electron chi connectivity index (χ0n) is 14.0. The summed E-state index contributed by atoms with van der Waals surface area (Å²) < 4.78 is 26.8. The number of halogens is 1. The Morgan fingerprint density at radius 3 is 2.58 bits per heavy atom. The van der Waals surface area contributed by atoms with Gasteiger partial charge in [-0.25, -0.2) is 13.2 Å². The smallest absolute Gasteiger partial charge is 0.317 e. The Bertz CT molecular complexity index is 679. The first kappa shape index (κ1) is 19.0. The van der Waals surface area contributed by atoms with E-state index in [1.807, 2.05) is 13.8 Å². The lowest BCUT2D eigenvalue weighted by Crippen LogP contribution is -2.44. The number of benzene rings is 1. The fourth-order valence-corrected chi connectivity index (χ4v) is 4.49. The van der Waals surface area contributed by atoms with Crippen molar-refractivity contribution in [1.29, 1.82) is 0 Å². The van der Waals surface area contributed by atoms with Gasteiger partial charge in [-0.3, -0.25) is 0 Å². The molecule has 0 bridgehead atoms. The van der Waals surface area contributed by atoms with Crippen LogP contribution in [0.1, 0.15) is 25.8 Å². The summed E-state index contributed by atoms with van der Waals surface area (Å²) >= 11 is 6.07. The third kappa shape index (κ3) is 5.09. The summed E-state index contributed by atoms with van der Waals surface area (Å²) in [5, 5.41) is 3.30. The molecule has 1 aliphatic heterocycles. The summed E-state index contributed by atoms with van der Waals surface area (Å²) in [5.41, 5.74) is 0.595. The molecule has 1 fully saturated rings. The van der Waals surface area contributed by atoms with Crippen LogP contribution in [0, 0.1) is 0 Å². The van der Waals surface area contributed by atoms with Crippen LogP contribution in [0.5, 0.6) is 0 Å². The second-order valence-corrected chi connectivity index (χ2v) is 8.57. The van der Waals surface area contributed by atoms with Crippen LogP contribution >= 0.6 is 11.6 Å². The fourth-order valence-electron chi connectivity index (χ4n) is 2.62. The number of nitrogens with one attached hydrogen (secondary N) is 1. The van der Waals surface area contributed by atoms with E-state index in [0.29, 0.717) is 43.2 Å². The SMILES string of the molecule is CC(C)NC(=O)N1CCCN(S(=O)(=O)Cc2ccccc2Cl)CC1. The maximum atomic E-state index is 12.7. The average molecular weight is 374 g/mol. The second-order valence-electron chi connectivity index (χ2n) is 6.19. The highest BCUT2D eigenvalue weighted by atomic mass is 35.5. The van der Waals surface area contributed by atoms with Crippen molar-refractivity contribution in [1.82, 2.24) is 14.5 Å². The molecule has 0 radical (unpaired) electrons. The van der Waals surface area contributed by atoms with Crippen LogP contribution in [-0.4, -0.2) is 55.9 Å². The normalized spacial score (nSPS) is 16.9. The molecule has 1 aromatic rings. The Kier molecular flexibility index (Phi) is 6.48. The molecule has 8 heteroatoms. The number of amides is 2. The van der Waals surface area contributed by atoms with Gasteiger partial charge in [0.25, 0.3) is 0 Å². The Balaban J connectivity index is 2.02. The first-order valence-corrected chi connectivity index (χ1v) is 10.0. The number of hydrogen-bond acceptors (Lipinski definition) is 3. The van der Waals surface area contributed by atoms with Crippen LogP contribution in [0.4, 0.5) is 4.79 Å². The molecule has 0 saturated carbocycles. The topological polar surface area (TPSA) is 69.7 Å². The summed E-state index contributed by atoms with van der Waals surface area (Å²) in [6.07, 6.45) is 0.618. The minimum Gasteiger partial charge on any atom is -0.336 e. The van der Waals surface area contributed by atoms with Crippen molar-refractivity contribution < 1.29 is 13.2 Å². The van der Waals surface area contributed by atoms with Gasteiger partial charge in [0, 0.05) is 37.2 Å². The van der Waals surface area contributed by atoms with E-state index in [1.54, 1.807) is 29.2 Å². The lowest BCUT2D eigenvalue weighted by molar-refractivity contribution is 0.198. The molecule has 0 aliphatic carbocycles. The number of rotatable bonds is 4. The predicted molar refractivity (Wildman–Crippen MR) is 95.5 cm³/mol. The summed E-state index contributed by atoms with van der Waals surface area (Å²) in [4.78, 5) is 13.8. The largest absolute Gasteiger partial charge is 0.336 e. The van der Waals surface area contributed by atoms with Gasteiger partial charge in [0.15, 0.2) is 0 Å². The Hall–Kier alpha value is -1.31. The second kappa shape index (κ2) is 8.18. The highest BCUT2D eigenvalue weighted by Gasteiger charge is 2.27. The molecule has 1 heterocycles. The minimum atomic E-state index is -3.46. The molecule has 1 N–H and O–H groups in total. The van der Waals surface area contributed by atoms with Gasteiger partial charge < -0.3 is 10.2 Å². The van der Waals surface area contributed by atoms with E-state index in [4.69, 9.17) is 11.6 Å². The molecule has 0 atom stereocenters. The first-order valence-electron chi connectivity index (χ1n) is 8.06.